The van der Waals surface area contributed by atoms with E-state index in [1.807, 2.05) is 0 Å². The van der Waals surface area contributed by atoms with Crippen molar-refractivity contribution in [2.75, 3.05) is 17.3 Å². The molecule has 4 aliphatic rings. The Hall–Kier alpha value is 0.350. The zero-order valence-corrected chi connectivity index (χ0v) is 25.9. The molecule has 3 aliphatic carbocycles. The van der Waals surface area contributed by atoms with Crippen LogP contribution in [-0.4, -0.2) is 22.0 Å². The minimum Gasteiger partial charge on any atom is -0.235 e. The van der Waals surface area contributed by atoms with Crippen LogP contribution in [0.1, 0.15) is 157 Å². The molecule has 0 radical (unpaired) electrons. The van der Waals surface area contributed by atoms with Crippen LogP contribution in [0.2, 0.25) is 0 Å². The third-order valence-electron chi connectivity index (χ3n) is 13.4. The van der Waals surface area contributed by atoms with Crippen LogP contribution in [0.15, 0.2) is 0 Å². The lowest BCUT2D eigenvalue weighted by Crippen LogP contribution is -2.47. The summed E-state index contributed by atoms with van der Waals surface area (Å²) in [5, 5.41) is 0. The molecule has 3 saturated carbocycles. The first-order chi connectivity index (χ1) is 16.8. The van der Waals surface area contributed by atoms with Crippen LogP contribution in [0, 0.1) is 34.5 Å². The van der Waals surface area contributed by atoms with E-state index >= 15 is 0 Å². The average molecular weight is 505 g/mol. The van der Waals surface area contributed by atoms with Crippen molar-refractivity contribution >= 4 is 10.0 Å². The van der Waals surface area contributed by atoms with Crippen molar-refractivity contribution in [3.8, 4) is 0 Å². The number of hydrogen-bond acceptors (Lipinski definition) is 0. The Balaban J connectivity index is 1.74. The lowest BCUT2D eigenvalue weighted by Gasteiger charge is -2.60. The molecule has 206 valence electrons. The molecule has 4 atom stereocenters. The van der Waals surface area contributed by atoms with Crippen molar-refractivity contribution in [2.24, 2.45) is 34.5 Å². The van der Waals surface area contributed by atoms with Crippen LogP contribution in [-0.2, 0) is 0 Å². The summed E-state index contributed by atoms with van der Waals surface area (Å²) in [5.74, 6) is 9.01. The SMILES string of the molecule is CCC1CCC(CS2(C3(C)CCCC3)CCC(CC)C(CC)CC2)(C2(C)CCCC2)CCC1CC. The van der Waals surface area contributed by atoms with Gasteiger partial charge in [0, 0.05) is 0 Å². The average Bonchev–Trinajstić information content (AvgIpc) is 3.42. The van der Waals surface area contributed by atoms with Gasteiger partial charge in [-0.05, 0) is 121 Å². The van der Waals surface area contributed by atoms with Gasteiger partial charge < -0.3 is 0 Å². The van der Waals surface area contributed by atoms with Crippen molar-refractivity contribution < 1.29 is 0 Å². The Morgan fingerprint density at radius 1 is 0.543 bits per heavy atom. The molecule has 1 aliphatic heterocycles. The lowest BCUT2D eigenvalue weighted by molar-refractivity contribution is 0.0592. The molecule has 4 unspecified atom stereocenters. The van der Waals surface area contributed by atoms with E-state index in [4.69, 9.17) is 0 Å². The van der Waals surface area contributed by atoms with Gasteiger partial charge in [0.15, 0.2) is 0 Å². The van der Waals surface area contributed by atoms with Crippen LogP contribution in [0.3, 0.4) is 0 Å². The van der Waals surface area contributed by atoms with Crippen molar-refractivity contribution in [1.29, 1.82) is 0 Å². The molecule has 1 heteroatoms. The Morgan fingerprint density at radius 3 is 1.37 bits per heavy atom. The molecule has 0 nitrogen and oxygen atoms in total. The Labute approximate surface area is 223 Å². The maximum atomic E-state index is 2.84. The fourth-order valence-corrected chi connectivity index (χ4v) is 16.7. The van der Waals surface area contributed by atoms with Crippen molar-refractivity contribution in [1.82, 2.24) is 0 Å². The molecule has 0 bridgehead atoms. The van der Waals surface area contributed by atoms with Gasteiger partial charge >= 0.3 is 0 Å². The standard InChI is InChI=1S/C34H64S/c1-7-28-15-23-34(24-16-29(28)8-2,32(5)19-11-12-20-32)27-35(33(6)21-13-14-22-33)25-17-30(9-3)31(10-4)18-26-35/h28-31H,7-27H2,1-6H3. The second kappa shape index (κ2) is 11.6. The van der Waals surface area contributed by atoms with Crippen LogP contribution in [0.25, 0.3) is 0 Å². The van der Waals surface area contributed by atoms with E-state index in [-0.39, 0.29) is 0 Å². The zero-order valence-electron chi connectivity index (χ0n) is 25.1. The van der Waals surface area contributed by atoms with E-state index in [1.54, 1.807) is 81.5 Å². The van der Waals surface area contributed by atoms with Gasteiger partial charge in [-0.2, -0.15) is 0 Å². The predicted octanol–water partition coefficient (Wildman–Crippen LogP) is 11.2. The number of rotatable bonds is 8. The summed E-state index contributed by atoms with van der Waals surface area (Å²) in [7, 11) is -0.596. The molecule has 0 aromatic carbocycles. The molecule has 35 heavy (non-hydrogen) atoms. The minimum atomic E-state index is -0.596. The third kappa shape index (κ3) is 5.30. The highest BCUT2D eigenvalue weighted by atomic mass is 32.3. The van der Waals surface area contributed by atoms with Gasteiger partial charge in [-0.1, -0.05) is 92.9 Å². The summed E-state index contributed by atoms with van der Waals surface area (Å²) in [6.07, 6.45) is 27.4. The highest BCUT2D eigenvalue weighted by molar-refractivity contribution is 8.34. The predicted molar refractivity (Wildman–Crippen MR) is 161 cm³/mol. The second-order valence-corrected chi connectivity index (χ2v) is 18.8. The van der Waals surface area contributed by atoms with Crippen LogP contribution >= 0.6 is 10.0 Å². The Bertz CT molecular complexity index is 568. The minimum absolute atomic E-state index is 0.596. The maximum absolute atomic E-state index is 2.84. The van der Waals surface area contributed by atoms with Gasteiger partial charge in [0.2, 0.25) is 0 Å². The van der Waals surface area contributed by atoms with Crippen LogP contribution in [0.5, 0.6) is 0 Å². The van der Waals surface area contributed by atoms with Gasteiger partial charge in [-0.15, -0.1) is 0 Å². The normalized spacial score (nSPS) is 43.8. The quantitative estimate of drug-likeness (QED) is 0.288. The first-order valence-electron chi connectivity index (χ1n) is 16.6. The summed E-state index contributed by atoms with van der Waals surface area (Å²) in [6.45, 7) is 15.7. The molecular weight excluding hydrogens is 440 g/mol. The number of hydrogen-bond donors (Lipinski definition) is 0. The van der Waals surface area contributed by atoms with Crippen molar-refractivity contribution in [3.05, 3.63) is 0 Å². The van der Waals surface area contributed by atoms with E-state index in [0.29, 0.717) is 15.6 Å². The molecule has 4 rings (SSSR count). The van der Waals surface area contributed by atoms with Gasteiger partial charge in [-0.3, -0.25) is 0 Å². The van der Waals surface area contributed by atoms with Gasteiger partial charge in [0.25, 0.3) is 0 Å². The smallest absolute Gasteiger partial charge is 0.00254 e. The molecular formula is C34H64S. The lowest BCUT2D eigenvalue weighted by atomic mass is 9.60. The summed E-state index contributed by atoms with van der Waals surface area (Å²) in [6, 6.07) is 0. The van der Waals surface area contributed by atoms with Crippen LogP contribution < -0.4 is 0 Å². The summed E-state index contributed by atoms with van der Waals surface area (Å²) >= 11 is 0. The fraction of sp³-hybridized carbons (Fsp3) is 1.00. The molecule has 1 saturated heterocycles. The van der Waals surface area contributed by atoms with E-state index in [1.165, 1.54) is 51.4 Å². The molecule has 0 spiro atoms. The molecule has 0 N–H and O–H groups in total. The van der Waals surface area contributed by atoms with E-state index in [2.05, 4.69) is 41.5 Å². The first-order valence-corrected chi connectivity index (χ1v) is 18.7. The summed E-state index contributed by atoms with van der Waals surface area (Å²) < 4.78 is 0.691. The zero-order chi connectivity index (χ0) is 25.2. The Morgan fingerprint density at radius 2 is 0.943 bits per heavy atom. The molecule has 0 aromatic heterocycles. The third-order valence-corrected chi connectivity index (χ3v) is 19.1. The topological polar surface area (TPSA) is 0 Å². The first kappa shape index (κ1) is 28.4. The van der Waals surface area contributed by atoms with Crippen LogP contribution in [0.4, 0.5) is 0 Å². The fourth-order valence-electron chi connectivity index (χ4n) is 10.5. The molecule has 0 amide bonds. The highest BCUT2D eigenvalue weighted by Crippen LogP contribution is 2.73. The summed E-state index contributed by atoms with van der Waals surface area (Å²) in [4.78, 5) is 0. The van der Waals surface area contributed by atoms with E-state index < -0.39 is 10.0 Å². The molecule has 4 fully saturated rings. The van der Waals surface area contributed by atoms with Crippen molar-refractivity contribution in [3.63, 3.8) is 0 Å². The highest BCUT2D eigenvalue weighted by Gasteiger charge is 2.56. The van der Waals surface area contributed by atoms with Crippen molar-refractivity contribution in [2.45, 2.75) is 162 Å². The second-order valence-electron chi connectivity index (χ2n) is 14.6. The van der Waals surface area contributed by atoms with E-state index in [0.717, 1.165) is 23.7 Å². The van der Waals surface area contributed by atoms with Gasteiger partial charge in [-0.25, -0.2) is 10.0 Å². The molecule has 0 aromatic rings. The largest absolute Gasteiger partial charge is 0.235 e. The van der Waals surface area contributed by atoms with Gasteiger partial charge in [0.05, 0.1) is 0 Å². The van der Waals surface area contributed by atoms with E-state index in [9.17, 15) is 0 Å². The summed E-state index contributed by atoms with van der Waals surface area (Å²) in [5.41, 5.74) is 1.28. The van der Waals surface area contributed by atoms with Gasteiger partial charge in [0.1, 0.15) is 0 Å². The maximum Gasteiger partial charge on any atom is -0.00254 e. The monoisotopic (exact) mass is 504 g/mol. The Kier molecular flexibility index (Phi) is 9.41. The molecule has 1 heterocycles.